The number of benzene rings is 2. The lowest BCUT2D eigenvalue weighted by Crippen LogP contribution is -2.03. The van der Waals surface area contributed by atoms with Gasteiger partial charge in [-0.1, -0.05) is 30.3 Å². The molecular formula is C16H17N5. The molecule has 0 spiro atoms. The molecule has 0 saturated carbocycles. The molecule has 2 aromatic carbocycles. The lowest BCUT2D eigenvalue weighted by Gasteiger charge is -2.10. The van der Waals surface area contributed by atoms with Crippen molar-refractivity contribution in [3.63, 3.8) is 0 Å². The minimum atomic E-state index is 0.769. The molecule has 0 bridgehead atoms. The molecule has 0 aliphatic rings. The monoisotopic (exact) mass is 279 g/mol. The number of anilines is 1. The molecule has 3 aromatic rings. The predicted octanol–water partition coefficient (Wildman–Crippen LogP) is 2.89. The summed E-state index contributed by atoms with van der Waals surface area (Å²) in [5, 5.41) is 15.0. The molecule has 5 heteroatoms. The summed E-state index contributed by atoms with van der Waals surface area (Å²) in [5.41, 5.74) is 4.58. The zero-order valence-electron chi connectivity index (χ0n) is 12.1. The highest BCUT2D eigenvalue weighted by atomic mass is 15.5. The van der Waals surface area contributed by atoms with E-state index in [1.807, 2.05) is 31.2 Å². The van der Waals surface area contributed by atoms with Crippen LogP contribution in [0.25, 0.3) is 5.69 Å². The van der Waals surface area contributed by atoms with Crippen molar-refractivity contribution in [1.82, 2.24) is 20.2 Å². The highest BCUT2D eigenvalue weighted by molar-refractivity contribution is 5.51. The van der Waals surface area contributed by atoms with Gasteiger partial charge in [0.25, 0.3) is 0 Å². The minimum absolute atomic E-state index is 0.769. The van der Waals surface area contributed by atoms with Crippen LogP contribution in [0.4, 0.5) is 5.69 Å². The van der Waals surface area contributed by atoms with Gasteiger partial charge in [-0.25, -0.2) is 0 Å². The average Bonchev–Trinajstić information content (AvgIpc) is 2.93. The largest absolute Gasteiger partial charge is 0.381 e. The molecule has 0 aliphatic carbocycles. The number of hydrogen-bond donors (Lipinski definition) is 1. The van der Waals surface area contributed by atoms with Gasteiger partial charge in [0, 0.05) is 12.2 Å². The van der Waals surface area contributed by atoms with Gasteiger partial charge in [-0.05, 0) is 53.6 Å². The van der Waals surface area contributed by atoms with Crippen LogP contribution >= 0.6 is 0 Å². The van der Waals surface area contributed by atoms with E-state index < -0.39 is 0 Å². The van der Waals surface area contributed by atoms with Crippen LogP contribution in [-0.2, 0) is 6.54 Å². The summed E-state index contributed by atoms with van der Waals surface area (Å²) in [5.74, 6) is 0.769. The number of rotatable bonds is 4. The van der Waals surface area contributed by atoms with Crippen molar-refractivity contribution >= 4 is 5.69 Å². The normalized spacial score (nSPS) is 10.6. The van der Waals surface area contributed by atoms with Gasteiger partial charge in [-0.15, -0.1) is 5.10 Å². The molecule has 0 aliphatic heterocycles. The molecule has 1 N–H and O–H groups in total. The zero-order valence-corrected chi connectivity index (χ0v) is 12.1. The highest BCUT2D eigenvalue weighted by Gasteiger charge is 2.04. The van der Waals surface area contributed by atoms with Crippen LogP contribution in [0.15, 0.2) is 48.5 Å². The van der Waals surface area contributed by atoms with Gasteiger partial charge in [0.1, 0.15) is 0 Å². The van der Waals surface area contributed by atoms with Gasteiger partial charge in [0.05, 0.1) is 5.69 Å². The molecular weight excluding hydrogens is 262 g/mol. The van der Waals surface area contributed by atoms with Crippen molar-refractivity contribution < 1.29 is 0 Å². The van der Waals surface area contributed by atoms with Crippen molar-refractivity contribution in [1.29, 1.82) is 0 Å². The molecule has 0 unspecified atom stereocenters. The number of hydrogen-bond acceptors (Lipinski definition) is 4. The molecule has 0 atom stereocenters. The summed E-state index contributed by atoms with van der Waals surface area (Å²) in [6.07, 6.45) is 0. The number of nitrogens with one attached hydrogen (secondary N) is 1. The first kappa shape index (κ1) is 13.3. The van der Waals surface area contributed by atoms with Crippen LogP contribution in [0.3, 0.4) is 0 Å². The lowest BCUT2D eigenvalue weighted by atomic mass is 10.1. The minimum Gasteiger partial charge on any atom is -0.381 e. The molecule has 0 saturated heterocycles. The summed E-state index contributed by atoms with van der Waals surface area (Å²) in [6, 6.07) is 16.4. The molecule has 5 nitrogen and oxygen atoms in total. The van der Waals surface area contributed by atoms with Crippen LogP contribution in [0.5, 0.6) is 0 Å². The van der Waals surface area contributed by atoms with E-state index in [9.17, 15) is 0 Å². The lowest BCUT2D eigenvalue weighted by molar-refractivity contribution is 0.779. The Labute approximate surface area is 123 Å². The van der Waals surface area contributed by atoms with E-state index in [0.717, 1.165) is 23.7 Å². The molecule has 0 radical (unpaired) electrons. The summed E-state index contributed by atoms with van der Waals surface area (Å²) in [6.45, 7) is 4.80. The summed E-state index contributed by atoms with van der Waals surface area (Å²) < 4.78 is 1.72. The van der Waals surface area contributed by atoms with Crippen molar-refractivity contribution in [2.45, 2.75) is 20.4 Å². The first-order chi connectivity index (χ1) is 10.2. The van der Waals surface area contributed by atoms with Crippen LogP contribution in [0, 0.1) is 13.8 Å². The summed E-state index contributed by atoms with van der Waals surface area (Å²) in [4.78, 5) is 0. The fraction of sp³-hybridized carbons (Fsp3) is 0.188. The predicted molar refractivity (Wildman–Crippen MR) is 82.4 cm³/mol. The van der Waals surface area contributed by atoms with Crippen LogP contribution in [-0.4, -0.2) is 20.2 Å². The Morgan fingerprint density at radius 2 is 1.90 bits per heavy atom. The Balaban J connectivity index is 1.78. The van der Waals surface area contributed by atoms with Gasteiger partial charge in [-0.3, -0.25) is 0 Å². The Morgan fingerprint density at radius 3 is 2.67 bits per heavy atom. The molecule has 1 aromatic heterocycles. The maximum atomic E-state index is 3.99. The van der Waals surface area contributed by atoms with Crippen LogP contribution in [0.2, 0.25) is 0 Å². The van der Waals surface area contributed by atoms with E-state index >= 15 is 0 Å². The smallest absolute Gasteiger partial charge is 0.153 e. The van der Waals surface area contributed by atoms with Crippen molar-refractivity contribution in [3.05, 3.63) is 65.5 Å². The topological polar surface area (TPSA) is 55.6 Å². The van der Waals surface area contributed by atoms with E-state index in [4.69, 9.17) is 0 Å². The summed E-state index contributed by atoms with van der Waals surface area (Å²) in [7, 11) is 0. The van der Waals surface area contributed by atoms with Gasteiger partial charge in [-0.2, -0.15) is 4.68 Å². The Morgan fingerprint density at radius 1 is 1.05 bits per heavy atom. The molecule has 3 rings (SSSR count). The molecule has 0 fully saturated rings. The Kier molecular flexibility index (Phi) is 3.64. The quantitative estimate of drug-likeness (QED) is 0.798. The molecule has 106 valence electrons. The Hall–Kier alpha value is -2.69. The average molecular weight is 279 g/mol. The van der Waals surface area contributed by atoms with Gasteiger partial charge < -0.3 is 5.32 Å². The number of nitrogens with zero attached hydrogens (tertiary/aromatic N) is 4. The maximum absolute atomic E-state index is 3.99. The first-order valence-corrected chi connectivity index (χ1v) is 6.88. The SMILES string of the molecule is Cc1ccccc1CNc1cccc(-n2nnnc2C)c1. The van der Waals surface area contributed by atoms with Crippen molar-refractivity contribution in [3.8, 4) is 5.69 Å². The standard InChI is InChI=1S/C16H17N5/c1-12-6-3-4-7-14(12)11-17-15-8-5-9-16(10-15)21-13(2)18-19-20-21/h3-10,17H,11H2,1-2H3. The van der Waals surface area contributed by atoms with Crippen molar-refractivity contribution in [2.75, 3.05) is 5.32 Å². The van der Waals surface area contributed by atoms with Crippen LogP contribution < -0.4 is 5.32 Å². The fourth-order valence-corrected chi connectivity index (χ4v) is 2.22. The van der Waals surface area contributed by atoms with Crippen molar-refractivity contribution in [2.24, 2.45) is 0 Å². The van der Waals surface area contributed by atoms with Gasteiger partial charge in [0.2, 0.25) is 0 Å². The van der Waals surface area contributed by atoms with Gasteiger partial charge in [0.15, 0.2) is 5.82 Å². The second-order valence-electron chi connectivity index (χ2n) is 4.97. The third-order valence-electron chi connectivity index (χ3n) is 3.46. The maximum Gasteiger partial charge on any atom is 0.153 e. The second-order valence-corrected chi connectivity index (χ2v) is 4.97. The molecule has 1 heterocycles. The van der Waals surface area contributed by atoms with E-state index in [-0.39, 0.29) is 0 Å². The third kappa shape index (κ3) is 2.91. The number of aromatic nitrogens is 4. The Bertz CT molecular complexity index is 748. The van der Waals surface area contributed by atoms with E-state index in [1.54, 1.807) is 4.68 Å². The highest BCUT2D eigenvalue weighted by Crippen LogP contribution is 2.16. The first-order valence-electron chi connectivity index (χ1n) is 6.88. The molecule has 21 heavy (non-hydrogen) atoms. The fourth-order valence-electron chi connectivity index (χ4n) is 2.22. The van der Waals surface area contributed by atoms with Crippen LogP contribution in [0.1, 0.15) is 17.0 Å². The summed E-state index contributed by atoms with van der Waals surface area (Å²) >= 11 is 0. The van der Waals surface area contributed by atoms with E-state index in [2.05, 4.69) is 52.0 Å². The number of tetrazole rings is 1. The zero-order chi connectivity index (χ0) is 14.7. The number of aryl methyl sites for hydroxylation is 2. The third-order valence-corrected chi connectivity index (χ3v) is 3.46. The molecule has 0 amide bonds. The van der Waals surface area contributed by atoms with Gasteiger partial charge >= 0.3 is 0 Å². The van der Waals surface area contributed by atoms with E-state index in [0.29, 0.717) is 0 Å². The second kappa shape index (κ2) is 5.75. The van der Waals surface area contributed by atoms with E-state index in [1.165, 1.54) is 11.1 Å².